The summed E-state index contributed by atoms with van der Waals surface area (Å²) in [5.74, 6) is 0.892. The van der Waals surface area contributed by atoms with Gasteiger partial charge in [-0.3, -0.25) is 4.79 Å². The molecule has 0 fully saturated rings. The first-order valence-corrected chi connectivity index (χ1v) is 12.1. The minimum Gasteiger partial charge on any atom is -0.497 e. The highest BCUT2D eigenvalue weighted by Gasteiger charge is 2.42. The van der Waals surface area contributed by atoms with Crippen LogP contribution in [0.15, 0.2) is 65.0 Å². The summed E-state index contributed by atoms with van der Waals surface area (Å²) < 4.78 is 22.0. The summed E-state index contributed by atoms with van der Waals surface area (Å²) in [4.78, 5) is 27.1. The summed E-state index contributed by atoms with van der Waals surface area (Å²) in [6.45, 7) is 5.47. The van der Waals surface area contributed by atoms with Crippen LogP contribution in [0.2, 0.25) is 0 Å². The van der Waals surface area contributed by atoms with Gasteiger partial charge >= 0.3 is 5.97 Å². The average molecular weight is 492 g/mol. The molecule has 36 heavy (non-hydrogen) atoms. The number of ether oxygens (including phenoxy) is 4. The van der Waals surface area contributed by atoms with E-state index in [-0.39, 0.29) is 17.8 Å². The van der Waals surface area contributed by atoms with Crippen molar-refractivity contribution in [2.75, 3.05) is 21.3 Å². The van der Waals surface area contributed by atoms with Gasteiger partial charge in [-0.25, -0.2) is 4.79 Å². The molecule has 0 saturated carbocycles. The Morgan fingerprint density at radius 2 is 1.61 bits per heavy atom. The van der Waals surface area contributed by atoms with E-state index in [9.17, 15) is 9.59 Å². The molecule has 1 aliphatic heterocycles. The van der Waals surface area contributed by atoms with Gasteiger partial charge in [-0.05, 0) is 56.9 Å². The number of hydrogen-bond acceptors (Lipinski definition) is 7. The van der Waals surface area contributed by atoms with Crippen LogP contribution in [0.1, 0.15) is 56.6 Å². The van der Waals surface area contributed by atoms with Gasteiger partial charge in [0.1, 0.15) is 17.2 Å². The highest BCUT2D eigenvalue weighted by molar-refractivity contribution is 6.04. The molecule has 2 aliphatic rings. The summed E-state index contributed by atoms with van der Waals surface area (Å²) in [6, 6.07) is 13.3. The maximum Gasteiger partial charge on any atom is 0.337 e. The fraction of sp³-hybridized carbons (Fsp3) is 0.379. The largest absolute Gasteiger partial charge is 0.497 e. The molecule has 1 aliphatic carbocycles. The fourth-order valence-corrected chi connectivity index (χ4v) is 5.07. The monoisotopic (exact) mass is 491 g/mol. The highest BCUT2D eigenvalue weighted by Crippen LogP contribution is 2.48. The second-order valence-corrected chi connectivity index (χ2v) is 9.35. The molecule has 0 spiro atoms. The normalized spacial score (nSPS) is 19.6. The van der Waals surface area contributed by atoms with Crippen LogP contribution in [0.5, 0.6) is 17.2 Å². The first-order chi connectivity index (χ1) is 17.3. The van der Waals surface area contributed by atoms with Crippen molar-refractivity contribution in [3.63, 3.8) is 0 Å². The van der Waals surface area contributed by atoms with Crippen molar-refractivity contribution in [1.82, 2.24) is 5.32 Å². The molecular weight excluding hydrogens is 458 g/mol. The van der Waals surface area contributed by atoms with E-state index in [0.29, 0.717) is 41.2 Å². The minimum atomic E-state index is -0.613. The first-order valence-electron chi connectivity index (χ1n) is 12.1. The number of carbonyl (C=O) groups excluding carboxylic acids is 2. The molecule has 0 saturated heterocycles. The second-order valence-electron chi connectivity index (χ2n) is 9.35. The Kier molecular flexibility index (Phi) is 7.38. The molecule has 1 N–H and O–H groups in total. The van der Waals surface area contributed by atoms with Crippen molar-refractivity contribution in [2.24, 2.45) is 0 Å². The number of rotatable bonds is 7. The third kappa shape index (κ3) is 4.83. The number of nitrogens with one attached hydrogen (secondary N) is 1. The predicted octanol–water partition coefficient (Wildman–Crippen LogP) is 5.03. The predicted molar refractivity (Wildman–Crippen MR) is 136 cm³/mol. The molecule has 0 unspecified atom stereocenters. The molecule has 2 aromatic carbocycles. The summed E-state index contributed by atoms with van der Waals surface area (Å²) in [5.41, 5.74) is 4.30. The summed E-state index contributed by atoms with van der Waals surface area (Å²) in [5, 5.41) is 3.38. The van der Waals surface area contributed by atoms with Gasteiger partial charge in [-0.15, -0.1) is 0 Å². The molecule has 0 bridgehead atoms. The number of ketones is 1. The van der Waals surface area contributed by atoms with E-state index in [2.05, 4.69) is 5.32 Å². The maximum absolute atomic E-state index is 13.8. The molecule has 1 heterocycles. The zero-order valence-corrected chi connectivity index (χ0v) is 21.6. The van der Waals surface area contributed by atoms with Gasteiger partial charge in [0.05, 0.1) is 38.9 Å². The first kappa shape index (κ1) is 25.4. The lowest BCUT2D eigenvalue weighted by Crippen LogP contribution is -2.36. The highest BCUT2D eigenvalue weighted by atomic mass is 16.5. The molecule has 4 rings (SSSR count). The van der Waals surface area contributed by atoms with E-state index in [1.807, 2.05) is 57.2 Å². The number of dihydropyridines is 1. The zero-order chi connectivity index (χ0) is 26.0. The number of esters is 1. The van der Waals surface area contributed by atoms with Crippen LogP contribution in [0.3, 0.4) is 0 Å². The number of carbonyl (C=O) groups is 2. The van der Waals surface area contributed by atoms with E-state index >= 15 is 0 Å². The molecule has 7 nitrogen and oxygen atoms in total. The quantitative estimate of drug-likeness (QED) is 0.544. The van der Waals surface area contributed by atoms with Crippen LogP contribution in [0, 0.1) is 0 Å². The smallest absolute Gasteiger partial charge is 0.337 e. The zero-order valence-electron chi connectivity index (χ0n) is 21.6. The summed E-state index contributed by atoms with van der Waals surface area (Å²) >= 11 is 0. The van der Waals surface area contributed by atoms with Crippen molar-refractivity contribution in [3.05, 3.63) is 76.1 Å². The van der Waals surface area contributed by atoms with Gasteiger partial charge in [0.15, 0.2) is 5.78 Å². The number of benzene rings is 2. The standard InChI is InChI=1S/C29H33NO6/c1-16(2)36-29(32)26-17(3)30-23-13-19(18-7-9-20(33-4)10-8-18)14-24(31)28(23)27(26)22-12-11-21(34-5)15-25(22)35-6/h7-12,15-16,19,27,30H,13-14H2,1-6H3/t19-,27+/m1/s1. The SMILES string of the molecule is COc1ccc([C@H]2CC(=O)C3=C(C2)NC(C)=C(C(=O)OC(C)C)[C@@H]3c2ccc(OC)cc2OC)cc1. The van der Waals surface area contributed by atoms with Crippen LogP contribution in [-0.2, 0) is 14.3 Å². The lowest BCUT2D eigenvalue weighted by atomic mass is 9.71. The van der Waals surface area contributed by atoms with Crippen molar-refractivity contribution in [1.29, 1.82) is 0 Å². The molecule has 0 amide bonds. The summed E-state index contributed by atoms with van der Waals surface area (Å²) in [7, 11) is 4.78. The molecule has 7 heteroatoms. The lowest BCUT2D eigenvalue weighted by molar-refractivity contribution is -0.143. The average Bonchev–Trinajstić information content (AvgIpc) is 2.86. The van der Waals surface area contributed by atoms with Crippen LogP contribution in [0.25, 0.3) is 0 Å². The van der Waals surface area contributed by atoms with Crippen molar-refractivity contribution in [3.8, 4) is 17.2 Å². The Bertz CT molecular complexity index is 1220. The molecular formula is C29H33NO6. The molecule has 0 aromatic heterocycles. The molecule has 2 aromatic rings. The third-order valence-electron chi connectivity index (χ3n) is 6.73. The van der Waals surface area contributed by atoms with Crippen LogP contribution < -0.4 is 19.5 Å². The minimum absolute atomic E-state index is 0.00483. The van der Waals surface area contributed by atoms with Gasteiger partial charge < -0.3 is 24.3 Å². The van der Waals surface area contributed by atoms with Gasteiger partial charge in [0.25, 0.3) is 0 Å². The molecule has 0 radical (unpaired) electrons. The van der Waals surface area contributed by atoms with E-state index < -0.39 is 11.9 Å². The number of methoxy groups -OCH3 is 3. The topological polar surface area (TPSA) is 83.1 Å². The fourth-order valence-electron chi connectivity index (χ4n) is 5.07. The van der Waals surface area contributed by atoms with Gasteiger partial charge in [0.2, 0.25) is 0 Å². The third-order valence-corrected chi connectivity index (χ3v) is 6.73. The Balaban J connectivity index is 1.82. The lowest BCUT2D eigenvalue weighted by Gasteiger charge is -2.37. The van der Waals surface area contributed by atoms with E-state index in [1.165, 1.54) is 0 Å². The van der Waals surface area contributed by atoms with E-state index in [0.717, 1.165) is 22.6 Å². The molecule has 190 valence electrons. The Morgan fingerprint density at radius 3 is 2.22 bits per heavy atom. The van der Waals surface area contributed by atoms with Crippen molar-refractivity contribution in [2.45, 2.75) is 51.6 Å². The number of Topliss-reactive ketones (excluding diaryl/α,β-unsaturated/α-hetero) is 1. The molecule has 2 atom stereocenters. The van der Waals surface area contributed by atoms with Gasteiger partial charge in [0, 0.05) is 35.0 Å². The number of hydrogen-bond donors (Lipinski definition) is 1. The second kappa shape index (κ2) is 10.5. The van der Waals surface area contributed by atoms with Gasteiger partial charge in [-0.1, -0.05) is 18.2 Å². The maximum atomic E-state index is 13.8. The van der Waals surface area contributed by atoms with Gasteiger partial charge in [-0.2, -0.15) is 0 Å². The summed E-state index contributed by atoms with van der Waals surface area (Å²) in [6.07, 6.45) is 0.688. The Morgan fingerprint density at radius 1 is 0.944 bits per heavy atom. The van der Waals surface area contributed by atoms with Crippen molar-refractivity contribution < 1.29 is 28.5 Å². The van der Waals surface area contributed by atoms with Crippen molar-refractivity contribution >= 4 is 11.8 Å². The number of allylic oxidation sites excluding steroid dienone is 3. The van der Waals surface area contributed by atoms with E-state index in [4.69, 9.17) is 18.9 Å². The van der Waals surface area contributed by atoms with E-state index in [1.54, 1.807) is 27.4 Å². The van der Waals surface area contributed by atoms with Crippen LogP contribution in [-0.4, -0.2) is 39.2 Å². The Labute approximate surface area is 212 Å². The van der Waals surface area contributed by atoms with Crippen LogP contribution >= 0.6 is 0 Å². The van der Waals surface area contributed by atoms with Crippen LogP contribution in [0.4, 0.5) is 0 Å². The Hall–Kier alpha value is -3.74.